The summed E-state index contributed by atoms with van der Waals surface area (Å²) in [6.45, 7) is 11.3. The fraction of sp³-hybridized carbons (Fsp3) is 0.532. The van der Waals surface area contributed by atoms with Crippen LogP contribution in [0.15, 0.2) is 60.7 Å². The molecule has 372 valence electrons. The minimum atomic E-state index is -1.15. The van der Waals surface area contributed by atoms with Gasteiger partial charge in [-0.3, -0.25) is 38.4 Å². The van der Waals surface area contributed by atoms with Gasteiger partial charge < -0.3 is 56.9 Å². The van der Waals surface area contributed by atoms with Gasteiger partial charge in [-0.25, -0.2) is 9.59 Å². The van der Waals surface area contributed by atoms with E-state index in [0.29, 0.717) is 24.9 Å². The third-order valence-electron chi connectivity index (χ3n) is 10.3. The molecule has 1 saturated heterocycles. The van der Waals surface area contributed by atoms with E-state index in [2.05, 4.69) is 42.5 Å². The number of benzene rings is 2. The Kier molecular flexibility index (Phi) is 21.9. The summed E-state index contributed by atoms with van der Waals surface area (Å²) in [6.07, 6.45) is 0.229. The largest absolute Gasteiger partial charge is 0.459 e. The average Bonchev–Trinajstić information content (AvgIpc) is 3.78. The number of likely N-dealkylation sites (tertiary alicyclic amines) is 1. The fourth-order valence-corrected chi connectivity index (χ4v) is 6.79. The van der Waals surface area contributed by atoms with Crippen molar-refractivity contribution < 1.29 is 57.4 Å². The smallest absolute Gasteiger partial charge is 0.408 e. The monoisotopic (exact) mass is 949 g/mol. The standard InChI is InChI=1S/C47H67N9O12/c1-28(2)39(54-37(59)25-49-42(62)33(22-31-16-11-9-12-17-31)53-36(58)26-51-46(66)68-47(6,7)8)43(63)50-23-35(57)52-30(5)41(61)48-24-38(60)55-40(29(3)4)44(64)56-21-15-20-34(56)45(65)67-27-32-18-13-10-14-19-32/h9-14,16-19,28-30,33-34,39-40H,15,20-27H2,1-8H3,(H,48,61)(H,49,62)(H,50,63)(H,51,66)(H,52,57)(H,53,58)(H,54,59)(H,55,60)/t30-,33-,34-,39-,40-/m0/s1. The number of hydrogen-bond donors (Lipinski definition) is 8. The number of ether oxygens (including phenoxy) is 2. The van der Waals surface area contributed by atoms with Crippen LogP contribution in [0.2, 0.25) is 0 Å². The van der Waals surface area contributed by atoms with Gasteiger partial charge in [-0.2, -0.15) is 0 Å². The summed E-state index contributed by atoms with van der Waals surface area (Å²) >= 11 is 0. The SMILES string of the molecule is CC(C)[C@H](NC(=O)CNC(=O)[C@H](Cc1ccccc1)NC(=O)CNC(=O)OC(C)(C)C)C(=O)NCC(=O)N[C@@H](C)C(=O)NCC(=O)N[C@H](C(=O)N1CCC[C@H]1C(=O)OCc1ccccc1)C(C)C. The van der Waals surface area contributed by atoms with E-state index in [0.717, 1.165) is 5.56 Å². The molecule has 1 fully saturated rings. The Morgan fingerprint density at radius 1 is 0.603 bits per heavy atom. The molecule has 0 spiro atoms. The lowest BCUT2D eigenvalue weighted by atomic mass is 10.0. The average molecular weight is 950 g/mol. The summed E-state index contributed by atoms with van der Waals surface area (Å²) in [5.74, 6) is -6.86. The first kappa shape index (κ1) is 55.3. The van der Waals surface area contributed by atoms with Crippen molar-refractivity contribution in [1.82, 2.24) is 47.4 Å². The molecule has 1 heterocycles. The van der Waals surface area contributed by atoms with Crippen LogP contribution in [0, 0.1) is 11.8 Å². The number of carbonyl (C=O) groups excluding carboxylic acids is 10. The zero-order chi connectivity index (χ0) is 50.6. The van der Waals surface area contributed by atoms with Gasteiger partial charge in [0.15, 0.2) is 0 Å². The van der Waals surface area contributed by atoms with Crippen LogP contribution in [-0.4, -0.2) is 133 Å². The topological polar surface area (TPSA) is 289 Å². The van der Waals surface area contributed by atoms with Crippen molar-refractivity contribution in [3.05, 3.63) is 71.8 Å². The van der Waals surface area contributed by atoms with Crippen molar-refractivity contribution in [2.75, 3.05) is 32.7 Å². The highest BCUT2D eigenvalue weighted by Crippen LogP contribution is 2.22. The van der Waals surface area contributed by atoms with Crippen LogP contribution in [0.3, 0.4) is 0 Å². The Morgan fingerprint density at radius 2 is 1.09 bits per heavy atom. The number of nitrogens with zero attached hydrogens (tertiary/aromatic N) is 1. The van der Waals surface area contributed by atoms with Crippen LogP contribution in [0.1, 0.15) is 79.4 Å². The summed E-state index contributed by atoms with van der Waals surface area (Å²) in [5, 5.41) is 19.8. The Hall–Kier alpha value is -7.06. The number of amides is 9. The number of hydrogen-bond acceptors (Lipinski definition) is 12. The second-order valence-electron chi connectivity index (χ2n) is 18.0. The first-order valence-corrected chi connectivity index (χ1v) is 22.6. The number of rotatable bonds is 23. The number of esters is 1. The maximum atomic E-state index is 13.6. The summed E-state index contributed by atoms with van der Waals surface area (Å²) < 4.78 is 10.6. The van der Waals surface area contributed by atoms with Crippen LogP contribution in [-0.2, 0) is 65.7 Å². The molecular formula is C47H67N9O12. The van der Waals surface area contributed by atoms with E-state index < -0.39 is 127 Å². The van der Waals surface area contributed by atoms with Gasteiger partial charge in [0.1, 0.15) is 49.0 Å². The zero-order valence-corrected chi connectivity index (χ0v) is 40.0. The van der Waals surface area contributed by atoms with Crippen LogP contribution in [0.4, 0.5) is 4.79 Å². The molecule has 0 radical (unpaired) electrons. The second kappa shape index (κ2) is 26.9. The van der Waals surface area contributed by atoms with Gasteiger partial charge in [-0.05, 0) is 63.5 Å². The lowest BCUT2D eigenvalue weighted by molar-refractivity contribution is -0.155. The summed E-state index contributed by atoms with van der Waals surface area (Å²) in [7, 11) is 0. The third kappa shape index (κ3) is 19.4. The highest BCUT2D eigenvalue weighted by Gasteiger charge is 2.39. The van der Waals surface area contributed by atoms with Gasteiger partial charge in [0.2, 0.25) is 47.3 Å². The molecule has 2 aromatic rings. The molecule has 5 atom stereocenters. The first-order chi connectivity index (χ1) is 32.0. The minimum absolute atomic E-state index is 0.0552. The van der Waals surface area contributed by atoms with Crippen molar-refractivity contribution in [3.63, 3.8) is 0 Å². The van der Waals surface area contributed by atoms with E-state index in [1.54, 1.807) is 78.8 Å². The molecule has 1 aliphatic heterocycles. The van der Waals surface area contributed by atoms with Crippen molar-refractivity contribution in [2.24, 2.45) is 11.8 Å². The highest BCUT2D eigenvalue weighted by molar-refractivity contribution is 5.96. The number of nitrogens with one attached hydrogen (secondary N) is 8. The van der Waals surface area contributed by atoms with Crippen LogP contribution in [0.25, 0.3) is 0 Å². The fourth-order valence-electron chi connectivity index (χ4n) is 6.79. The number of carbonyl (C=O) groups is 10. The van der Waals surface area contributed by atoms with Crippen LogP contribution in [0.5, 0.6) is 0 Å². The van der Waals surface area contributed by atoms with Gasteiger partial charge in [0.25, 0.3) is 0 Å². The molecule has 0 aliphatic carbocycles. The number of alkyl carbamates (subject to hydrolysis) is 1. The Labute approximate surface area is 396 Å². The van der Waals surface area contributed by atoms with Crippen LogP contribution >= 0.6 is 0 Å². The molecule has 0 saturated carbocycles. The maximum absolute atomic E-state index is 13.6. The Morgan fingerprint density at radius 3 is 1.65 bits per heavy atom. The van der Waals surface area contributed by atoms with Gasteiger partial charge >= 0.3 is 12.1 Å². The molecule has 2 aromatic carbocycles. The molecule has 21 heteroatoms. The van der Waals surface area contributed by atoms with Crippen molar-refractivity contribution in [1.29, 1.82) is 0 Å². The summed E-state index contributed by atoms with van der Waals surface area (Å²) in [5.41, 5.74) is 0.715. The predicted octanol–water partition coefficient (Wildman–Crippen LogP) is 0.108. The summed E-state index contributed by atoms with van der Waals surface area (Å²) in [4.78, 5) is 131. The van der Waals surface area contributed by atoms with Crippen molar-refractivity contribution in [2.45, 2.75) is 117 Å². The molecule has 0 aromatic heterocycles. The molecule has 21 nitrogen and oxygen atoms in total. The van der Waals surface area contributed by atoms with E-state index >= 15 is 0 Å². The lowest BCUT2D eigenvalue weighted by Gasteiger charge is -2.30. The molecule has 68 heavy (non-hydrogen) atoms. The molecule has 0 bridgehead atoms. The van der Waals surface area contributed by atoms with E-state index in [1.807, 2.05) is 30.3 Å². The zero-order valence-electron chi connectivity index (χ0n) is 40.0. The van der Waals surface area contributed by atoms with E-state index in [9.17, 15) is 47.9 Å². The molecule has 8 N–H and O–H groups in total. The Balaban J connectivity index is 1.45. The molecule has 1 aliphatic rings. The van der Waals surface area contributed by atoms with E-state index in [1.165, 1.54) is 11.8 Å². The van der Waals surface area contributed by atoms with Crippen LogP contribution < -0.4 is 42.5 Å². The minimum Gasteiger partial charge on any atom is -0.459 e. The molecule has 9 amide bonds. The molecule has 0 unspecified atom stereocenters. The summed E-state index contributed by atoms with van der Waals surface area (Å²) in [6, 6.07) is 12.7. The van der Waals surface area contributed by atoms with Gasteiger partial charge in [0.05, 0.1) is 19.6 Å². The maximum Gasteiger partial charge on any atom is 0.408 e. The van der Waals surface area contributed by atoms with Crippen molar-refractivity contribution >= 4 is 59.3 Å². The third-order valence-corrected chi connectivity index (χ3v) is 10.3. The van der Waals surface area contributed by atoms with E-state index in [4.69, 9.17) is 9.47 Å². The quantitative estimate of drug-likeness (QED) is 0.0690. The van der Waals surface area contributed by atoms with Crippen molar-refractivity contribution in [3.8, 4) is 0 Å². The normalized spacial score (nSPS) is 15.1. The highest BCUT2D eigenvalue weighted by atomic mass is 16.6. The predicted molar refractivity (Wildman–Crippen MR) is 247 cm³/mol. The van der Waals surface area contributed by atoms with Gasteiger partial charge in [-0.1, -0.05) is 88.4 Å². The Bertz CT molecular complexity index is 2080. The van der Waals surface area contributed by atoms with E-state index in [-0.39, 0.29) is 18.9 Å². The first-order valence-electron chi connectivity index (χ1n) is 22.6. The second-order valence-corrected chi connectivity index (χ2v) is 18.0. The van der Waals surface area contributed by atoms with Gasteiger partial charge in [0, 0.05) is 13.0 Å². The lowest BCUT2D eigenvalue weighted by Crippen LogP contribution is -2.56. The molecule has 3 rings (SSSR count). The molecular weight excluding hydrogens is 883 g/mol. The van der Waals surface area contributed by atoms with Gasteiger partial charge in [-0.15, -0.1) is 0 Å².